The van der Waals surface area contributed by atoms with E-state index in [0.29, 0.717) is 23.9 Å². The number of rotatable bonds is 5. The standard InChI is InChI=1S/C20H21ClN2O3/c1-14-13-23(17-4-2-3-5-18(17)26-14)20(25)11-10-19(24)22-12-15-6-8-16(21)9-7-15/h2-9,14H,10-13H2,1H3,(H,22,24)/t14-/m1/s1. The zero-order chi connectivity index (χ0) is 18.5. The van der Waals surface area contributed by atoms with E-state index in [9.17, 15) is 9.59 Å². The van der Waals surface area contributed by atoms with Gasteiger partial charge < -0.3 is 15.0 Å². The maximum absolute atomic E-state index is 12.6. The summed E-state index contributed by atoms with van der Waals surface area (Å²) in [6.07, 6.45) is 0.237. The highest BCUT2D eigenvalue weighted by molar-refractivity contribution is 6.30. The van der Waals surface area contributed by atoms with Crippen molar-refractivity contribution in [2.24, 2.45) is 0 Å². The first-order valence-corrected chi connectivity index (χ1v) is 8.98. The second-order valence-electron chi connectivity index (χ2n) is 6.30. The highest BCUT2D eigenvalue weighted by atomic mass is 35.5. The van der Waals surface area contributed by atoms with Crippen molar-refractivity contribution in [2.45, 2.75) is 32.4 Å². The third-order valence-corrected chi connectivity index (χ3v) is 4.45. The van der Waals surface area contributed by atoms with Crippen molar-refractivity contribution in [1.82, 2.24) is 5.32 Å². The summed E-state index contributed by atoms with van der Waals surface area (Å²) in [4.78, 5) is 26.4. The lowest BCUT2D eigenvalue weighted by molar-refractivity contribution is -0.125. The van der Waals surface area contributed by atoms with E-state index in [1.807, 2.05) is 43.3 Å². The predicted molar refractivity (Wildman–Crippen MR) is 101 cm³/mol. The van der Waals surface area contributed by atoms with Gasteiger partial charge in [-0.25, -0.2) is 0 Å². The molecule has 26 heavy (non-hydrogen) atoms. The number of amides is 2. The molecule has 0 fully saturated rings. The summed E-state index contributed by atoms with van der Waals surface area (Å²) >= 11 is 5.84. The monoisotopic (exact) mass is 372 g/mol. The second-order valence-corrected chi connectivity index (χ2v) is 6.74. The minimum Gasteiger partial charge on any atom is -0.487 e. The number of ether oxygens (including phenoxy) is 1. The number of hydrogen-bond acceptors (Lipinski definition) is 3. The van der Waals surface area contributed by atoms with E-state index in [-0.39, 0.29) is 30.8 Å². The molecule has 3 rings (SSSR count). The highest BCUT2D eigenvalue weighted by Crippen LogP contribution is 2.33. The molecule has 0 saturated carbocycles. The zero-order valence-corrected chi connectivity index (χ0v) is 15.3. The summed E-state index contributed by atoms with van der Waals surface area (Å²) in [5.41, 5.74) is 1.72. The maximum atomic E-state index is 12.6. The van der Waals surface area contributed by atoms with Gasteiger partial charge >= 0.3 is 0 Å². The molecule has 6 heteroatoms. The molecule has 0 bridgehead atoms. The quantitative estimate of drug-likeness (QED) is 0.873. The lowest BCUT2D eigenvalue weighted by Gasteiger charge is -2.33. The van der Waals surface area contributed by atoms with Crippen molar-refractivity contribution in [2.75, 3.05) is 11.4 Å². The van der Waals surface area contributed by atoms with Crippen LogP contribution in [0.4, 0.5) is 5.69 Å². The van der Waals surface area contributed by atoms with E-state index < -0.39 is 0 Å². The molecule has 0 aliphatic carbocycles. The van der Waals surface area contributed by atoms with Crippen molar-refractivity contribution in [3.05, 3.63) is 59.1 Å². The fourth-order valence-corrected chi connectivity index (χ4v) is 3.00. The third kappa shape index (κ3) is 4.55. The van der Waals surface area contributed by atoms with Gasteiger partial charge in [0, 0.05) is 24.4 Å². The number of hydrogen-bond donors (Lipinski definition) is 1. The van der Waals surface area contributed by atoms with Crippen LogP contribution in [0.2, 0.25) is 5.02 Å². The van der Waals surface area contributed by atoms with Crippen LogP contribution in [0, 0.1) is 0 Å². The van der Waals surface area contributed by atoms with Crippen LogP contribution in [0.25, 0.3) is 0 Å². The van der Waals surface area contributed by atoms with E-state index >= 15 is 0 Å². The molecule has 0 aromatic heterocycles. The third-order valence-electron chi connectivity index (χ3n) is 4.19. The van der Waals surface area contributed by atoms with Crippen molar-refractivity contribution >= 4 is 29.1 Å². The first-order chi connectivity index (χ1) is 12.5. The Morgan fingerprint density at radius 2 is 1.88 bits per heavy atom. The molecule has 136 valence electrons. The Labute approximate surface area is 157 Å². The number of nitrogens with one attached hydrogen (secondary N) is 1. The average Bonchev–Trinajstić information content (AvgIpc) is 2.65. The molecule has 1 heterocycles. The van der Waals surface area contributed by atoms with Crippen LogP contribution in [0.1, 0.15) is 25.3 Å². The van der Waals surface area contributed by atoms with Crippen molar-refractivity contribution in [3.8, 4) is 5.75 Å². The molecule has 2 amide bonds. The largest absolute Gasteiger partial charge is 0.487 e. The second kappa shape index (κ2) is 8.23. The van der Waals surface area contributed by atoms with E-state index in [2.05, 4.69) is 5.32 Å². The van der Waals surface area contributed by atoms with Gasteiger partial charge in [-0.05, 0) is 36.8 Å². The van der Waals surface area contributed by atoms with Gasteiger partial charge in [0.05, 0.1) is 12.2 Å². The molecule has 1 N–H and O–H groups in total. The molecule has 0 saturated heterocycles. The number of fused-ring (bicyclic) bond motifs is 1. The van der Waals surface area contributed by atoms with Gasteiger partial charge in [-0.2, -0.15) is 0 Å². The van der Waals surface area contributed by atoms with E-state index in [1.54, 1.807) is 17.0 Å². The maximum Gasteiger partial charge on any atom is 0.227 e. The van der Waals surface area contributed by atoms with E-state index in [4.69, 9.17) is 16.3 Å². The Balaban J connectivity index is 1.52. The minimum atomic E-state index is -0.150. The number of carbonyl (C=O) groups is 2. The fourth-order valence-electron chi connectivity index (χ4n) is 2.87. The lowest BCUT2D eigenvalue weighted by Crippen LogP contribution is -2.42. The number of para-hydroxylation sites is 2. The zero-order valence-electron chi connectivity index (χ0n) is 14.6. The van der Waals surface area contributed by atoms with Gasteiger partial charge in [0.1, 0.15) is 11.9 Å². The lowest BCUT2D eigenvalue weighted by atomic mass is 10.1. The average molecular weight is 373 g/mol. The highest BCUT2D eigenvalue weighted by Gasteiger charge is 2.27. The van der Waals surface area contributed by atoms with Crippen LogP contribution in [-0.4, -0.2) is 24.5 Å². The normalized spacial score (nSPS) is 15.8. The topological polar surface area (TPSA) is 58.6 Å². The van der Waals surface area contributed by atoms with Gasteiger partial charge in [-0.15, -0.1) is 0 Å². The summed E-state index contributed by atoms with van der Waals surface area (Å²) in [5, 5.41) is 3.49. The van der Waals surface area contributed by atoms with Gasteiger partial charge in [0.25, 0.3) is 0 Å². The van der Waals surface area contributed by atoms with Gasteiger partial charge in [-0.3, -0.25) is 9.59 Å². The molecule has 0 spiro atoms. The van der Waals surface area contributed by atoms with Crippen molar-refractivity contribution in [3.63, 3.8) is 0 Å². The van der Waals surface area contributed by atoms with Gasteiger partial charge in [0.2, 0.25) is 11.8 Å². The Kier molecular flexibility index (Phi) is 5.78. The van der Waals surface area contributed by atoms with Gasteiger partial charge in [-0.1, -0.05) is 35.9 Å². The molecule has 2 aromatic carbocycles. The Bertz CT molecular complexity index is 792. The fraction of sp³-hybridized carbons (Fsp3) is 0.300. The molecule has 1 aliphatic rings. The summed E-state index contributed by atoms with van der Waals surface area (Å²) in [6, 6.07) is 14.7. The summed E-state index contributed by atoms with van der Waals surface area (Å²) in [7, 11) is 0. The molecule has 1 aliphatic heterocycles. The first-order valence-electron chi connectivity index (χ1n) is 8.60. The molecule has 5 nitrogen and oxygen atoms in total. The Morgan fingerprint density at radius 3 is 2.65 bits per heavy atom. The van der Waals surface area contributed by atoms with Crippen LogP contribution >= 0.6 is 11.6 Å². The van der Waals surface area contributed by atoms with Crippen molar-refractivity contribution < 1.29 is 14.3 Å². The van der Waals surface area contributed by atoms with E-state index in [0.717, 1.165) is 11.3 Å². The minimum absolute atomic E-state index is 0.0748. The predicted octanol–water partition coefficient (Wildman–Crippen LogP) is 3.55. The molecule has 1 atom stereocenters. The number of halogens is 1. The van der Waals surface area contributed by atoms with Gasteiger partial charge in [0.15, 0.2) is 0 Å². The SMILES string of the molecule is C[C@@H]1CN(C(=O)CCC(=O)NCc2ccc(Cl)cc2)c2ccccc2O1. The first kappa shape index (κ1) is 18.3. The molecular formula is C20H21ClN2O3. The summed E-state index contributed by atoms with van der Waals surface area (Å²) in [5.74, 6) is 0.476. The molecular weight excluding hydrogens is 352 g/mol. The Hall–Kier alpha value is -2.53. The molecule has 2 aromatic rings. The summed E-state index contributed by atoms with van der Waals surface area (Å²) < 4.78 is 5.75. The number of carbonyl (C=O) groups excluding carboxylic acids is 2. The van der Waals surface area contributed by atoms with Crippen LogP contribution in [0.3, 0.4) is 0 Å². The van der Waals surface area contributed by atoms with E-state index in [1.165, 1.54) is 0 Å². The number of anilines is 1. The molecule has 0 radical (unpaired) electrons. The van der Waals surface area contributed by atoms with Crippen molar-refractivity contribution in [1.29, 1.82) is 0 Å². The number of benzene rings is 2. The van der Waals surface area contributed by atoms with Crippen LogP contribution in [0.15, 0.2) is 48.5 Å². The summed E-state index contributed by atoms with van der Waals surface area (Å²) in [6.45, 7) is 2.83. The smallest absolute Gasteiger partial charge is 0.227 e. The number of nitrogens with zero attached hydrogens (tertiary/aromatic N) is 1. The van der Waals surface area contributed by atoms with Crippen LogP contribution in [-0.2, 0) is 16.1 Å². The Morgan fingerprint density at radius 1 is 1.15 bits per heavy atom. The van der Waals surface area contributed by atoms with Crippen LogP contribution in [0.5, 0.6) is 5.75 Å². The van der Waals surface area contributed by atoms with Crippen LogP contribution < -0.4 is 15.0 Å². The molecule has 0 unspecified atom stereocenters.